The van der Waals surface area contributed by atoms with E-state index in [4.69, 9.17) is 11.6 Å². The van der Waals surface area contributed by atoms with Crippen LogP contribution in [0.5, 0.6) is 0 Å². The van der Waals surface area contributed by atoms with Crippen LogP contribution >= 0.6 is 27.5 Å². The molecule has 0 N–H and O–H groups in total. The molecule has 72 valence electrons. The summed E-state index contributed by atoms with van der Waals surface area (Å²) in [6.45, 7) is 0. The molecule has 1 aromatic carbocycles. The second-order valence-corrected chi connectivity index (χ2v) is 4.29. The fourth-order valence-corrected chi connectivity index (χ4v) is 1.61. The maximum absolute atomic E-state index is 5.90. The van der Waals surface area contributed by atoms with E-state index >= 15 is 0 Å². The lowest BCUT2D eigenvalue weighted by molar-refractivity contribution is 0.772. The van der Waals surface area contributed by atoms with E-state index in [1.165, 1.54) is 0 Å². The monoisotopic (exact) mass is 270 g/mol. The van der Waals surface area contributed by atoms with Crippen molar-refractivity contribution in [2.45, 2.75) is 0 Å². The summed E-state index contributed by atoms with van der Waals surface area (Å²) < 4.78 is 2.71. The van der Waals surface area contributed by atoms with Gasteiger partial charge >= 0.3 is 0 Å². The number of halogens is 2. The molecule has 0 unspecified atom stereocenters. The Hall–Kier alpha value is -0.800. The highest BCUT2D eigenvalue weighted by Crippen LogP contribution is 2.22. The Morgan fingerprint density at radius 1 is 1.29 bits per heavy atom. The maximum atomic E-state index is 5.90. The topological polar surface area (TPSA) is 17.8 Å². The van der Waals surface area contributed by atoms with Gasteiger partial charge in [-0.05, 0) is 12.1 Å². The van der Waals surface area contributed by atoms with Gasteiger partial charge in [-0.15, -0.1) is 0 Å². The molecule has 0 radical (unpaired) electrons. The Labute approximate surface area is 95.6 Å². The molecule has 2 rings (SSSR count). The van der Waals surface area contributed by atoms with E-state index in [1.807, 2.05) is 37.4 Å². The summed E-state index contributed by atoms with van der Waals surface area (Å²) in [5, 5.41) is 4.92. The molecule has 0 spiro atoms. The third-order valence-electron chi connectivity index (χ3n) is 1.96. The highest BCUT2D eigenvalue weighted by Gasteiger charge is 2.04. The molecule has 0 bridgehead atoms. The smallest absolute Gasteiger partial charge is 0.127 e. The molecule has 14 heavy (non-hydrogen) atoms. The first kappa shape index (κ1) is 9.74. The molecule has 0 aliphatic heterocycles. The summed E-state index contributed by atoms with van der Waals surface area (Å²) in [5.41, 5.74) is 1.96. The van der Waals surface area contributed by atoms with Crippen LogP contribution in [-0.4, -0.2) is 9.78 Å². The summed E-state index contributed by atoms with van der Waals surface area (Å²) in [7, 11) is 1.82. The number of aromatic nitrogens is 2. The van der Waals surface area contributed by atoms with Gasteiger partial charge in [0.1, 0.15) is 5.15 Å². The van der Waals surface area contributed by atoms with Gasteiger partial charge in [0, 0.05) is 23.2 Å². The number of benzene rings is 1. The average Bonchev–Trinajstić information content (AvgIpc) is 2.48. The molecule has 0 atom stereocenters. The minimum absolute atomic E-state index is 0.642. The number of aryl methyl sites for hydroxylation is 1. The van der Waals surface area contributed by atoms with Crippen molar-refractivity contribution in [1.82, 2.24) is 9.78 Å². The van der Waals surface area contributed by atoms with Gasteiger partial charge in [-0.25, -0.2) is 0 Å². The van der Waals surface area contributed by atoms with Crippen molar-refractivity contribution in [3.8, 4) is 11.3 Å². The van der Waals surface area contributed by atoms with Crippen LogP contribution in [0.3, 0.4) is 0 Å². The van der Waals surface area contributed by atoms with Crippen molar-refractivity contribution in [1.29, 1.82) is 0 Å². The lowest BCUT2D eigenvalue weighted by atomic mass is 10.2. The number of nitrogens with zero attached hydrogens (tertiary/aromatic N) is 2. The van der Waals surface area contributed by atoms with Gasteiger partial charge in [-0.2, -0.15) is 5.10 Å². The first-order chi connectivity index (χ1) is 6.66. The molecule has 0 fully saturated rings. The Morgan fingerprint density at radius 3 is 2.43 bits per heavy atom. The second-order valence-electron chi connectivity index (χ2n) is 2.98. The zero-order valence-electron chi connectivity index (χ0n) is 7.54. The molecule has 0 aliphatic carbocycles. The predicted octanol–water partition coefficient (Wildman–Crippen LogP) is 3.50. The largest absolute Gasteiger partial charge is 0.256 e. The van der Waals surface area contributed by atoms with Crippen LogP contribution in [0.15, 0.2) is 34.8 Å². The lowest BCUT2D eigenvalue weighted by Crippen LogP contribution is -1.89. The quantitative estimate of drug-likeness (QED) is 0.776. The molecular weight excluding hydrogens is 263 g/mol. The standard InChI is InChI=1S/C10H8BrClN2/c1-14-10(12)6-9(13-14)7-2-4-8(11)5-3-7/h2-6H,1H3. The minimum atomic E-state index is 0.642. The van der Waals surface area contributed by atoms with Crippen molar-refractivity contribution in [3.63, 3.8) is 0 Å². The third kappa shape index (κ3) is 1.83. The minimum Gasteiger partial charge on any atom is -0.256 e. The van der Waals surface area contributed by atoms with Gasteiger partial charge < -0.3 is 0 Å². The molecule has 0 aliphatic rings. The van der Waals surface area contributed by atoms with E-state index in [-0.39, 0.29) is 0 Å². The van der Waals surface area contributed by atoms with Gasteiger partial charge in [0.05, 0.1) is 5.69 Å². The van der Waals surface area contributed by atoms with Gasteiger partial charge in [0.15, 0.2) is 0 Å². The van der Waals surface area contributed by atoms with Crippen LogP contribution < -0.4 is 0 Å². The van der Waals surface area contributed by atoms with Crippen molar-refractivity contribution < 1.29 is 0 Å². The van der Waals surface area contributed by atoms with Gasteiger partial charge in [0.25, 0.3) is 0 Å². The normalized spacial score (nSPS) is 10.5. The summed E-state index contributed by atoms with van der Waals surface area (Å²) in [6.07, 6.45) is 0. The molecule has 2 aromatic rings. The van der Waals surface area contributed by atoms with Crippen LogP contribution in [0.1, 0.15) is 0 Å². The van der Waals surface area contributed by atoms with Crippen molar-refractivity contribution in [2.75, 3.05) is 0 Å². The van der Waals surface area contributed by atoms with E-state index < -0.39 is 0 Å². The molecule has 1 heterocycles. The van der Waals surface area contributed by atoms with Gasteiger partial charge in [-0.3, -0.25) is 4.68 Å². The van der Waals surface area contributed by atoms with Gasteiger partial charge in [0.2, 0.25) is 0 Å². The van der Waals surface area contributed by atoms with Crippen molar-refractivity contribution in [3.05, 3.63) is 40.0 Å². The second kappa shape index (κ2) is 3.75. The van der Waals surface area contributed by atoms with E-state index in [9.17, 15) is 0 Å². The summed E-state index contributed by atoms with van der Waals surface area (Å²) >= 11 is 9.29. The van der Waals surface area contributed by atoms with Crippen LogP contribution in [0.2, 0.25) is 5.15 Å². The summed E-state index contributed by atoms with van der Waals surface area (Å²) in [6, 6.07) is 9.83. The Morgan fingerprint density at radius 2 is 1.93 bits per heavy atom. The van der Waals surface area contributed by atoms with Crippen LogP contribution in [0.25, 0.3) is 11.3 Å². The maximum Gasteiger partial charge on any atom is 0.127 e. The van der Waals surface area contributed by atoms with E-state index in [0.29, 0.717) is 5.15 Å². The molecule has 0 saturated carbocycles. The fraction of sp³-hybridized carbons (Fsp3) is 0.100. The lowest BCUT2D eigenvalue weighted by Gasteiger charge is -1.95. The molecular formula is C10H8BrClN2. The number of rotatable bonds is 1. The SMILES string of the molecule is Cn1nc(-c2ccc(Br)cc2)cc1Cl. The predicted molar refractivity (Wildman–Crippen MR) is 61.4 cm³/mol. The van der Waals surface area contributed by atoms with E-state index in [0.717, 1.165) is 15.7 Å². The molecule has 2 nitrogen and oxygen atoms in total. The van der Waals surface area contributed by atoms with Crippen LogP contribution in [0.4, 0.5) is 0 Å². The first-order valence-corrected chi connectivity index (χ1v) is 5.29. The fourth-order valence-electron chi connectivity index (χ4n) is 1.21. The highest BCUT2D eigenvalue weighted by molar-refractivity contribution is 9.10. The molecule has 0 saturated heterocycles. The average molecular weight is 272 g/mol. The molecule has 0 amide bonds. The Balaban J connectivity index is 2.44. The van der Waals surface area contributed by atoms with Crippen molar-refractivity contribution >= 4 is 27.5 Å². The third-order valence-corrected chi connectivity index (χ3v) is 2.85. The number of hydrogen-bond acceptors (Lipinski definition) is 1. The van der Waals surface area contributed by atoms with Crippen LogP contribution in [0, 0.1) is 0 Å². The molecule has 1 aromatic heterocycles. The van der Waals surface area contributed by atoms with Crippen LogP contribution in [-0.2, 0) is 7.05 Å². The summed E-state index contributed by atoms with van der Waals surface area (Å²) in [5.74, 6) is 0. The Bertz CT molecular complexity index is 428. The van der Waals surface area contributed by atoms with Crippen molar-refractivity contribution in [2.24, 2.45) is 7.05 Å². The van der Waals surface area contributed by atoms with Gasteiger partial charge in [-0.1, -0.05) is 39.7 Å². The summed E-state index contributed by atoms with van der Waals surface area (Å²) in [4.78, 5) is 0. The highest BCUT2D eigenvalue weighted by atomic mass is 79.9. The van der Waals surface area contributed by atoms with E-state index in [1.54, 1.807) is 4.68 Å². The zero-order chi connectivity index (χ0) is 10.1. The Kier molecular flexibility index (Phi) is 2.61. The first-order valence-electron chi connectivity index (χ1n) is 4.12. The number of hydrogen-bond donors (Lipinski definition) is 0. The zero-order valence-corrected chi connectivity index (χ0v) is 9.88. The van der Waals surface area contributed by atoms with E-state index in [2.05, 4.69) is 21.0 Å². The molecule has 4 heteroatoms.